The molecule has 1 aliphatic rings. The first-order valence-electron chi connectivity index (χ1n) is 7.14. The van der Waals surface area contributed by atoms with Crippen molar-refractivity contribution in [1.82, 2.24) is 0 Å². The summed E-state index contributed by atoms with van der Waals surface area (Å²) in [7, 11) is 0. The van der Waals surface area contributed by atoms with Gasteiger partial charge >= 0.3 is 0 Å². The van der Waals surface area contributed by atoms with Gasteiger partial charge in [-0.1, -0.05) is 6.92 Å². The fourth-order valence-electron chi connectivity index (χ4n) is 2.75. The molecule has 2 heterocycles. The molecular weight excluding hydrogens is 258 g/mol. The lowest BCUT2D eigenvalue weighted by molar-refractivity contribution is 0.0846. The third kappa shape index (κ3) is 3.00. The maximum absolute atomic E-state index is 11.9. The molecule has 0 saturated carbocycles. The van der Waals surface area contributed by atoms with Crippen molar-refractivity contribution in [3.05, 3.63) is 15.8 Å². The van der Waals surface area contributed by atoms with Crippen LogP contribution in [0.3, 0.4) is 0 Å². The second-order valence-corrected chi connectivity index (χ2v) is 5.86. The Morgan fingerprint density at radius 1 is 1.42 bits per heavy atom. The van der Waals surface area contributed by atoms with Crippen LogP contribution >= 0.6 is 11.3 Å². The third-order valence-corrected chi connectivity index (χ3v) is 4.98. The second kappa shape index (κ2) is 6.53. The molecule has 4 heteroatoms. The van der Waals surface area contributed by atoms with Gasteiger partial charge in [-0.3, -0.25) is 4.79 Å². The standard InChI is InChI=1S/C15H23NO2S/c1-4-14(17)15-11(3)13(10-19-15)16(5-2)12-6-8-18-9-7-12/h10,12H,4-9H2,1-3H3. The van der Waals surface area contributed by atoms with Crippen LogP contribution in [0.25, 0.3) is 0 Å². The predicted octanol–water partition coefficient (Wildman–Crippen LogP) is 3.65. The molecule has 0 radical (unpaired) electrons. The van der Waals surface area contributed by atoms with Gasteiger partial charge in [0.15, 0.2) is 5.78 Å². The van der Waals surface area contributed by atoms with E-state index in [2.05, 4.69) is 24.1 Å². The van der Waals surface area contributed by atoms with Crippen LogP contribution in [0.15, 0.2) is 5.38 Å². The largest absolute Gasteiger partial charge is 0.381 e. The molecule has 106 valence electrons. The predicted molar refractivity (Wildman–Crippen MR) is 80.5 cm³/mol. The highest BCUT2D eigenvalue weighted by molar-refractivity contribution is 7.12. The van der Waals surface area contributed by atoms with Gasteiger partial charge in [0.25, 0.3) is 0 Å². The molecule has 1 saturated heterocycles. The Morgan fingerprint density at radius 2 is 2.11 bits per heavy atom. The lowest BCUT2D eigenvalue weighted by Crippen LogP contribution is -2.39. The number of ether oxygens (including phenoxy) is 1. The number of hydrogen-bond acceptors (Lipinski definition) is 4. The highest BCUT2D eigenvalue weighted by Crippen LogP contribution is 2.33. The molecule has 1 aromatic heterocycles. The maximum atomic E-state index is 11.9. The van der Waals surface area contributed by atoms with Crippen LogP contribution in [0.2, 0.25) is 0 Å². The molecule has 0 bridgehead atoms. The zero-order chi connectivity index (χ0) is 13.8. The van der Waals surface area contributed by atoms with Crippen molar-refractivity contribution in [3.8, 4) is 0 Å². The number of anilines is 1. The Kier molecular flexibility index (Phi) is 4.99. The molecule has 0 N–H and O–H groups in total. The molecule has 1 aliphatic heterocycles. The Morgan fingerprint density at radius 3 is 2.68 bits per heavy atom. The average molecular weight is 281 g/mol. The van der Waals surface area contributed by atoms with E-state index in [4.69, 9.17) is 4.74 Å². The average Bonchev–Trinajstić information content (AvgIpc) is 2.82. The summed E-state index contributed by atoms with van der Waals surface area (Å²) < 4.78 is 5.44. The highest BCUT2D eigenvalue weighted by Gasteiger charge is 2.24. The molecule has 0 aromatic carbocycles. The van der Waals surface area contributed by atoms with E-state index in [0.29, 0.717) is 12.5 Å². The molecule has 1 aromatic rings. The number of carbonyl (C=O) groups excluding carboxylic acids is 1. The lowest BCUT2D eigenvalue weighted by Gasteiger charge is -2.35. The van der Waals surface area contributed by atoms with Crippen molar-refractivity contribution in [2.45, 2.75) is 46.1 Å². The minimum atomic E-state index is 0.261. The van der Waals surface area contributed by atoms with Crippen LogP contribution < -0.4 is 4.90 Å². The van der Waals surface area contributed by atoms with E-state index in [0.717, 1.165) is 43.0 Å². The van der Waals surface area contributed by atoms with E-state index in [1.165, 1.54) is 5.69 Å². The van der Waals surface area contributed by atoms with Crippen LogP contribution in [0.4, 0.5) is 5.69 Å². The van der Waals surface area contributed by atoms with Gasteiger partial charge in [0, 0.05) is 37.6 Å². The molecule has 0 spiro atoms. The van der Waals surface area contributed by atoms with Crippen molar-refractivity contribution in [1.29, 1.82) is 0 Å². The molecule has 3 nitrogen and oxygen atoms in total. The normalized spacial score (nSPS) is 16.6. The molecule has 0 amide bonds. The van der Waals surface area contributed by atoms with E-state index in [-0.39, 0.29) is 5.78 Å². The summed E-state index contributed by atoms with van der Waals surface area (Å²) in [6.45, 7) is 8.89. The van der Waals surface area contributed by atoms with Crippen LogP contribution in [-0.4, -0.2) is 31.6 Å². The number of carbonyl (C=O) groups is 1. The topological polar surface area (TPSA) is 29.5 Å². The Labute approximate surface area is 119 Å². The molecule has 0 aliphatic carbocycles. The SMILES string of the molecule is CCC(=O)c1scc(N(CC)C2CCOCC2)c1C. The van der Waals surface area contributed by atoms with Gasteiger partial charge in [0.05, 0.1) is 10.6 Å². The monoisotopic (exact) mass is 281 g/mol. The smallest absolute Gasteiger partial charge is 0.172 e. The number of hydrogen-bond donors (Lipinski definition) is 0. The van der Waals surface area contributed by atoms with Gasteiger partial charge in [0.2, 0.25) is 0 Å². The summed E-state index contributed by atoms with van der Waals surface area (Å²) in [5, 5.41) is 2.15. The van der Waals surface area contributed by atoms with Crippen molar-refractivity contribution >= 4 is 22.8 Å². The van der Waals surface area contributed by atoms with Gasteiger partial charge in [-0.15, -0.1) is 11.3 Å². The second-order valence-electron chi connectivity index (χ2n) is 4.98. The molecule has 2 rings (SSSR count). The van der Waals surface area contributed by atoms with E-state index >= 15 is 0 Å². The van der Waals surface area contributed by atoms with Crippen LogP contribution in [0.1, 0.15) is 48.3 Å². The van der Waals surface area contributed by atoms with Crippen molar-refractivity contribution in [2.75, 3.05) is 24.7 Å². The van der Waals surface area contributed by atoms with Crippen LogP contribution in [0, 0.1) is 6.92 Å². The Bertz CT molecular complexity index is 435. The first kappa shape index (κ1) is 14.5. The van der Waals surface area contributed by atoms with Gasteiger partial charge in [-0.05, 0) is 32.3 Å². The fourth-order valence-corrected chi connectivity index (χ4v) is 3.85. The number of Topliss-reactive ketones (excluding diaryl/α,β-unsaturated/α-hetero) is 1. The first-order chi connectivity index (χ1) is 9.19. The van der Waals surface area contributed by atoms with Crippen molar-refractivity contribution in [2.24, 2.45) is 0 Å². The van der Waals surface area contributed by atoms with Crippen molar-refractivity contribution < 1.29 is 9.53 Å². The number of rotatable bonds is 5. The minimum absolute atomic E-state index is 0.261. The summed E-state index contributed by atoms with van der Waals surface area (Å²) in [5.41, 5.74) is 2.40. The van der Waals surface area contributed by atoms with E-state index in [1.54, 1.807) is 11.3 Å². The van der Waals surface area contributed by atoms with Gasteiger partial charge in [-0.2, -0.15) is 0 Å². The number of thiophene rings is 1. The van der Waals surface area contributed by atoms with Gasteiger partial charge in [0.1, 0.15) is 0 Å². The van der Waals surface area contributed by atoms with Gasteiger partial charge in [-0.25, -0.2) is 0 Å². The van der Waals surface area contributed by atoms with Crippen LogP contribution in [0.5, 0.6) is 0 Å². The molecule has 0 unspecified atom stereocenters. The van der Waals surface area contributed by atoms with Crippen molar-refractivity contribution in [3.63, 3.8) is 0 Å². The van der Waals surface area contributed by atoms with E-state index in [1.807, 2.05) is 6.92 Å². The Balaban J connectivity index is 2.23. The summed E-state index contributed by atoms with van der Waals surface area (Å²) in [4.78, 5) is 15.3. The summed E-state index contributed by atoms with van der Waals surface area (Å²) in [6, 6.07) is 0.552. The van der Waals surface area contributed by atoms with Crippen LogP contribution in [-0.2, 0) is 4.74 Å². The zero-order valence-corrected chi connectivity index (χ0v) is 12.9. The third-order valence-electron chi connectivity index (χ3n) is 3.87. The summed E-state index contributed by atoms with van der Waals surface area (Å²) >= 11 is 1.59. The molecule has 0 atom stereocenters. The number of nitrogens with zero attached hydrogens (tertiary/aromatic N) is 1. The summed E-state index contributed by atoms with van der Waals surface area (Å²) in [5.74, 6) is 0.261. The lowest BCUT2D eigenvalue weighted by atomic mass is 10.0. The summed E-state index contributed by atoms with van der Waals surface area (Å²) in [6.07, 6.45) is 2.75. The molecule has 19 heavy (non-hydrogen) atoms. The zero-order valence-electron chi connectivity index (χ0n) is 12.1. The van der Waals surface area contributed by atoms with E-state index in [9.17, 15) is 4.79 Å². The fraction of sp³-hybridized carbons (Fsp3) is 0.667. The highest BCUT2D eigenvalue weighted by atomic mass is 32.1. The number of ketones is 1. The first-order valence-corrected chi connectivity index (χ1v) is 8.02. The minimum Gasteiger partial charge on any atom is -0.381 e. The quantitative estimate of drug-likeness (QED) is 0.772. The van der Waals surface area contributed by atoms with E-state index < -0.39 is 0 Å². The molecular formula is C15H23NO2S. The van der Waals surface area contributed by atoms with Gasteiger partial charge < -0.3 is 9.64 Å². The maximum Gasteiger partial charge on any atom is 0.172 e. The molecule has 1 fully saturated rings. The Hall–Kier alpha value is -0.870.